The van der Waals surface area contributed by atoms with Crippen LogP contribution in [0.5, 0.6) is 0 Å². The summed E-state index contributed by atoms with van der Waals surface area (Å²) in [6, 6.07) is -0.124. The highest BCUT2D eigenvalue weighted by atomic mass is 35.5. The van der Waals surface area contributed by atoms with Gasteiger partial charge >= 0.3 is 0 Å². The molecule has 1 atom stereocenters. The van der Waals surface area contributed by atoms with E-state index in [0.717, 1.165) is 0 Å². The van der Waals surface area contributed by atoms with Crippen molar-refractivity contribution >= 4 is 28.3 Å². The molecule has 0 heterocycles. The molecule has 0 aliphatic heterocycles. The van der Waals surface area contributed by atoms with Crippen molar-refractivity contribution in [2.45, 2.75) is 32.9 Å². The van der Waals surface area contributed by atoms with Crippen molar-refractivity contribution in [2.75, 3.05) is 32.5 Å². The Bertz CT molecular complexity index is 376. The molecule has 122 valence electrons. The summed E-state index contributed by atoms with van der Waals surface area (Å²) < 4.78 is 30.6. The number of likely N-dealkylation sites (N-methyl/N-ethyl adjacent to an activating group) is 1. The number of hydrogen-bond acceptors (Lipinski definition) is 5. The number of rotatable bonds is 9. The van der Waals surface area contributed by atoms with E-state index >= 15 is 0 Å². The number of nitrogens with one attached hydrogen (secondary N) is 1. The molecular formula is C11H26ClN3O4S. The first kappa shape index (κ1) is 21.9. The van der Waals surface area contributed by atoms with Crippen molar-refractivity contribution in [3.05, 3.63) is 0 Å². The molecule has 3 N–H and O–H groups in total. The molecule has 0 aliphatic rings. The van der Waals surface area contributed by atoms with Gasteiger partial charge in [-0.15, -0.1) is 12.4 Å². The van der Waals surface area contributed by atoms with Gasteiger partial charge in [-0.3, -0.25) is 4.79 Å². The molecule has 20 heavy (non-hydrogen) atoms. The fraction of sp³-hybridized carbons (Fsp3) is 0.909. The van der Waals surface area contributed by atoms with Gasteiger partial charge in [0.15, 0.2) is 0 Å². The average Bonchev–Trinajstić information content (AvgIpc) is 2.33. The van der Waals surface area contributed by atoms with Gasteiger partial charge in [0.2, 0.25) is 15.9 Å². The van der Waals surface area contributed by atoms with E-state index in [2.05, 4.69) is 4.72 Å². The Morgan fingerprint density at radius 1 is 1.35 bits per heavy atom. The summed E-state index contributed by atoms with van der Waals surface area (Å²) in [5, 5.41) is 0. The second-order valence-electron chi connectivity index (χ2n) is 4.65. The second-order valence-corrected chi connectivity index (χ2v) is 6.58. The van der Waals surface area contributed by atoms with Crippen LogP contribution < -0.4 is 10.5 Å². The Labute approximate surface area is 127 Å². The van der Waals surface area contributed by atoms with Crippen LogP contribution in [0, 0.1) is 0 Å². The Morgan fingerprint density at radius 3 is 2.35 bits per heavy atom. The fourth-order valence-corrected chi connectivity index (χ4v) is 1.97. The highest BCUT2D eigenvalue weighted by Gasteiger charge is 2.17. The lowest BCUT2D eigenvalue weighted by Gasteiger charge is -2.23. The highest BCUT2D eigenvalue weighted by Crippen LogP contribution is 1.95. The van der Waals surface area contributed by atoms with Gasteiger partial charge < -0.3 is 15.4 Å². The van der Waals surface area contributed by atoms with Gasteiger partial charge in [-0.05, 0) is 20.8 Å². The summed E-state index contributed by atoms with van der Waals surface area (Å²) in [6.07, 6.45) is -0.0200. The predicted octanol–water partition coefficient (Wildman–Crippen LogP) is -0.442. The van der Waals surface area contributed by atoms with Crippen molar-refractivity contribution in [3.8, 4) is 0 Å². The Kier molecular flexibility index (Phi) is 11.3. The summed E-state index contributed by atoms with van der Waals surface area (Å²) in [7, 11) is -1.90. The van der Waals surface area contributed by atoms with Gasteiger partial charge in [0.1, 0.15) is 0 Å². The summed E-state index contributed by atoms with van der Waals surface area (Å²) in [6.45, 7) is 5.63. The summed E-state index contributed by atoms with van der Waals surface area (Å²) in [4.78, 5) is 13.1. The smallest absolute Gasteiger partial charge is 0.237 e. The number of ether oxygens (including phenoxy) is 1. The zero-order valence-corrected chi connectivity index (χ0v) is 14.1. The Balaban J connectivity index is 0. The van der Waals surface area contributed by atoms with Crippen LogP contribution in [-0.4, -0.2) is 63.9 Å². The van der Waals surface area contributed by atoms with E-state index in [1.807, 2.05) is 13.8 Å². The molecular weight excluding hydrogens is 306 g/mol. The third-order valence-electron chi connectivity index (χ3n) is 2.64. The van der Waals surface area contributed by atoms with Gasteiger partial charge in [0, 0.05) is 19.6 Å². The molecule has 1 amide bonds. The first-order valence-corrected chi connectivity index (χ1v) is 7.89. The molecule has 0 bridgehead atoms. The third-order valence-corrected chi connectivity index (χ3v) is 3.93. The molecule has 0 aliphatic carbocycles. The quantitative estimate of drug-likeness (QED) is 0.596. The maximum Gasteiger partial charge on any atom is 0.237 e. The molecule has 0 aromatic heterocycles. The number of carbonyl (C=O) groups is 1. The van der Waals surface area contributed by atoms with E-state index in [-0.39, 0.29) is 49.4 Å². The number of nitrogens with two attached hydrogens (primary N) is 1. The molecule has 0 rings (SSSR count). The minimum absolute atomic E-state index is 0. The van der Waals surface area contributed by atoms with Crippen LogP contribution in [0.25, 0.3) is 0 Å². The van der Waals surface area contributed by atoms with Gasteiger partial charge in [0.05, 0.1) is 25.0 Å². The maximum absolute atomic E-state index is 11.7. The van der Waals surface area contributed by atoms with Crippen LogP contribution in [0.4, 0.5) is 0 Å². The van der Waals surface area contributed by atoms with Gasteiger partial charge in [0.25, 0.3) is 0 Å². The van der Waals surface area contributed by atoms with E-state index < -0.39 is 10.0 Å². The van der Waals surface area contributed by atoms with Gasteiger partial charge in [-0.2, -0.15) is 0 Å². The molecule has 0 aromatic rings. The Hall–Kier alpha value is -0.410. The van der Waals surface area contributed by atoms with Crippen LogP contribution in [-0.2, 0) is 19.6 Å². The summed E-state index contributed by atoms with van der Waals surface area (Å²) in [5.74, 6) is -0.472. The van der Waals surface area contributed by atoms with E-state index in [0.29, 0.717) is 6.54 Å². The normalized spacial score (nSPS) is 12.9. The number of amides is 1. The van der Waals surface area contributed by atoms with E-state index in [1.165, 1.54) is 4.90 Å². The van der Waals surface area contributed by atoms with Crippen molar-refractivity contribution in [1.82, 2.24) is 9.62 Å². The van der Waals surface area contributed by atoms with Crippen LogP contribution in [0.15, 0.2) is 0 Å². The average molecular weight is 332 g/mol. The number of nitrogens with zero attached hydrogens (tertiary/aromatic N) is 1. The van der Waals surface area contributed by atoms with E-state index in [4.69, 9.17) is 10.5 Å². The van der Waals surface area contributed by atoms with Crippen molar-refractivity contribution in [2.24, 2.45) is 5.73 Å². The van der Waals surface area contributed by atoms with Crippen molar-refractivity contribution in [1.29, 1.82) is 0 Å². The van der Waals surface area contributed by atoms with Crippen LogP contribution in [0.2, 0.25) is 0 Å². The monoisotopic (exact) mass is 331 g/mol. The number of halogens is 1. The standard InChI is InChI=1S/C11H25N3O4S.ClH/c1-9(2)18-5-6-19(16,17)13-8-11(15)14(4)10(3)7-12;/h9-10,13H,5-8,12H2,1-4H3;1H. The van der Waals surface area contributed by atoms with Crippen molar-refractivity contribution < 1.29 is 17.9 Å². The minimum Gasteiger partial charge on any atom is -0.378 e. The zero-order valence-electron chi connectivity index (χ0n) is 12.5. The van der Waals surface area contributed by atoms with Crippen molar-refractivity contribution in [3.63, 3.8) is 0 Å². The predicted molar refractivity (Wildman–Crippen MR) is 81.4 cm³/mol. The molecule has 0 fully saturated rings. The summed E-state index contributed by atoms with van der Waals surface area (Å²) >= 11 is 0. The molecule has 9 heteroatoms. The van der Waals surface area contributed by atoms with E-state index in [1.54, 1.807) is 14.0 Å². The molecule has 0 saturated heterocycles. The topological polar surface area (TPSA) is 102 Å². The third kappa shape index (κ3) is 9.49. The maximum atomic E-state index is 11.7. The van der Waals surface area contributed by atoms with Crippen LogP contribution in [0.1, 0.15) is 20.8 Å². The Morgan fingerprint density at radius 2 is 1.90 bits per heavy atom. The summed E-state index contributed by atoms with van der Waals surface area (Å²) in [5.41, 5.74) is 5.44. The first-order valence-electron chi connectivity index (χ1n) is 6.24. The number of hydrogen-bond donors (Lipinski definition) is 2. The molecule has 7 nitrogen and oxygen atoms in total. The molecule has 0 spiro atoms. The lowest BCUT2D eigenvalue weighted by atomic mass is 10.3. The van der Waals surface area contributed by atoms with Gasteiger partial charge in [-0.25, -0.2) is 13.1 Å². The molecule has 0 saturated carbocycles. The SMILES string of the molecule is CC(C)OCCS(=O)(=O)NCC(=O)N(C)C(C)CN.Cl. The molecule has 0 aromatic carbocycles. The minimum atomic E-state index is -3.49. The van der Waals surface area contributed by atoms with E-state index in [9.17, 15) is 13.2 Å². The second kappa shape index (κ2) is 10.3. The number of carbonyl (C=O) groups excluding carboxylic acids is 1. The van der Waals surface area contributed by atoms with Crippen LogP contribution >= 0.6 is 12.4 Å². The first-order chi connectivity index (χ1) is 8.69. The lowest BCUT2D eigenvalue weighted by molar-refractivity contribution is -0.130. The highest BCUT2D eigenvalue weighted by molar-refractivity contribution is 7.89. The largest absolute Gasteiger partial charge is 0.378 e. The lowest BCUT2D eigenvalue weighted by Crippen LogP contribution is -2.45. The zero-order chi connectivity index (χ0) is 15.1. The molecule has 0 radical (unpaired) electrons. The fourth-order valence-electron chi connectivity index (χ4n) is 1.17. The molecule has 1 unspecified atom stereocenters. The number of sulfonamides is 1. The van der Waals surface area contributed by atoms with Gasteiger partial charge in [-0.1, -0.05) is 0 Å². The van der Waals surface area contributed by atoms with Crippen LogP contribution in [0.3, 0.4) is 0 Å².